The van der Waals surface area contributed by atoms with Gasteiger partial charge in [0.05, 0.1) is 0 Å². The van der Waals surface area contributed by atoms with E-state index in [1.807, 2.05) is 0 Å². The molecule has 0 fully saturated rings. The van der Waals surface area contributed by atoms with E-state index in [-0.39, 0.29) is 0 Å². The van der Waals surface area contributed by atoms with Crippen LogP contribution in [0.5, 0.6) is 0 Å². The van der Waals surface area contributed by atoms with Gasteiger partial charge in [-0.1, -0.05) is 13.5 Å². The highest BCUT2D eigenvalue weighted by atomic mass is 15.1. The summed E-state index contributed by atoms with van der Waals surface area (Å²) >= 11 is 0. The van der Waals surface area contributed by atoms with Crippen LogP contribution in [0.25, 0.3) is 0 Å². The summed E-state index contributed by atoms with van der Waals surface area (Å²) in [5.74, 6) is 0. The molecule has 0 aliphatic heterocycles. The summed E-state index contributed by atoms with van der Waals surface area (Å²) in [6.07, 6.45) is 2.41. The third kappa shape index (κ3) is 10.1. The third-order valence-electron chi connectivity index (χ3n) is 2.44. The first-order valence-electron chi connectivity index (χ1n) is 6.27. The Labute approximate surface area is 101 Å². The van der Waals surface area contributed by atoms with Gasteiger partial charge in [-0.2, -0.15) is 0 Å². The highest BCUT2D eigenvalue weighted by molar-refractivity contribution is 4.99. The number of nitrogens with zero attached hydrogens (tertiary/aromatic N) is 2. The number of hydrogen-bond donors (Lipinski definition) is 1. The van der Waals surface area contributed by atoms with Crippen molar-refractivity contribution in [2.45, 2.75) is 19.8 Å². The minimum Gasteiger partial charge on any atom is -0.313 e. The van der Waals surface area contributed by atoms with Crippen molar-refractivity contribution in [1.29, 1.82) is 0 Å². The molecule has 0 aliphatic rings. The Kier molecular flexibility index (Phi) is 9.59. The maximum Gasteiger partial charge on any atom is 0.0199 e. The molecule has 96 valence electrons. The van der Waals surface area contributed by atoms with Crippen molar-refractivity contribution in [3.05, 3.63) is 12.2 Å². The summed E-state index contributed by atoms with van der Waals surface area (Å²) in [5.41, 5.74) is 1.28. The lowest BCUT2D eigenvalue weighted by Gasteiger charge is -2.19. The van der Waals surface area contributed by atoms with Gasteiger partial charge in [0, 0.05) is 13.1 Å². The first kappa shape index (κ1) is 15.6. The molecule has 0 unspecified atom stereocenters. The van der Waals surface area contributed by atoms with Crippen molar-refractivity contribution in [3.63, 3.8) is 0 Å². The highest BCUT2D eigenvalue weighted by Gasteiger charge is 2.01. The summed E-state index contributed by atoms with van der Waals surface area (Å²) < 4.78 is 0. The van der Waals surface area contributed by atoms with Gasteiger partial charge in [-0.3, -0.25) is 0 Å². The molecule has 0 heterocycles. The van der Waals surface area contributed by atoms with Gasteiger partial charge in [0.2, 0.25) is 0 Å². The minimum absolute atomic E-state index is 0.950. The fraction of sp³-hybridized carbons (Fsp3) is 0.846. The van der Waals surface area contributed by atoms with E-state index in [1.54, 1.807) is 0 Å². The number of likely N-dealkylation sites (N-methyl/N-ethyl adjacent to an activating group) is 1. The van der Waals surface area contributed by atoms with E-state index in [9.17, 15) is 0 Å². The van der Waals surface area contributed by atoms with E-state index in [2.05, 4.69) is 49.8 Å². The highest BCUT2D eigenvalue weighted by Crippen LogP contribution is 1.95. The molecule has 1 N–H and O–H groups in total. The van der Waals surface area contributed by atoms with Crippen LogP contribution in [0, 0.1) is 0 Å². The Hall–Kier alpha value is -0.380. The second kappa shape index (κ2) is 9.82. The van der Waals surface area contributed by atoms with Gasteiger partial charge in [0.25, 0.3) is 0 Å². The minimum atomic E-state index is 0.950. The summed E-state index contributed by atoms with van der Waals surface area (Å²) in [7, 11) is 6.40. The Morgan fingerprint density at radius 3 is 2.44 bits per heavy atom. The second-order valence-corrected chi connectivity index (χ2v) is 4.82. The largest absolute Gasteiger partial charge is 0.313 e. The van der Waals surface area contributed by atoms with Crippen molar-refractivity contribution >= 4 is 0 Å². The molecular weight excluding hydrogens is 198 g/mol. The number of hydrogen-bond acceptors (Lipinski definition) is 3. The van der Waals surface area contributed by atoms with Crippen molar-refractivity contribution in [2.75, 3.05) is 53.9 Å². The van der Waals surface area contributed by atoms with Gasteiger partial charge in [-0.05, 0) is 59.2 Å². The summed E-state index contributed by atoms with van der Waals surface area (Å²) in [6.45, 7) is 11.6. The molecule has 0 rings (SSSR count). The SMILES string of the molecule is C=C(CNCCC)CN(C)CCCN(C)C. The van der Waals surface area contributed by atoms with Crippen LogP contribution < -0.4 is 5.32 Å². The molecular formula is C13H29N3. The zero-order valence-corrected chi connectivity index (χ0v) is 11.6. The fourth-order valence-electron chi connectivity index (χ4n) is 1.62. The Morgan fingerprint density at radius 1 is 1.19 bits per heavy atom. The molecule has 0 saturated heterocycles. The molecule has 3 heteroatoms. The van der Waals surface area contributed by atoms with Crippen LogP contribution in [0.15, 0.2) is 12.2 Å². The van der Waals surface area contributed by atoms with E-state index in [1.165, 1.54) is 18.4 Å². The molecule has 0 aliphatic carbocycles. The van der Waals surface area contributed by atoms with Crippen LogP contribution in [0.3, 0.4) is 0 Å². The predicted molar refractivity (Wildman–Crippen MR) is 73.0 cm³/mol. The molecule has 0 spiro atoms. The van der Waals surface area contributed by atoms with Gasteiger partial charge >= 0.3 is 0 Å². The van der Waals surface area contributed by atoms with E-state index >= 15 is 0 Å². The zero-order valence-electron chi connectivity index (χ0n) is 11.6. The van der Waals surface area contributed by atoms with Crippen LogP contribution >= 0.6 is 0 Å². The molecule has 0 aromatic carbocycles. The topological polar surface area (TPSA) is 18.5 Å². The van der Waals surface area contributed by atoms with Crippen molar-refractivity contribution < 1.29 is 0 Å². The van der Waals surface area contributed by atoms with Crippen molar-refractivity contribution in [2.24, 2.45) is 0 Å². The summed E-state index contributed by atoms with van der Waals surface area (Å²) in [6, 6.07) is 0. The van der Waals surface area contributed by atoms with Gasteiger partial charge in [0.15, 0.2) is 0 Å². The Morgan fingerprint density at radius 2 is 1.88 bits per heavy atom. The summed E-state index contributed by atoms with van der Waals surface area (Å²) in [4.78, 5) is 4.57. The molecule has 0 saturated carbocycles. The fourth-order valence-corrected chi connectivity index (χ4v) is 1.62. The maximum atomic E-state index is 4.10. The van der Waals surface area contributed by atoms with Gasteiger partial charge in [-0.15, -0.1) is 0 Å². The standard InChI is InChI=1S/C13H29N3/c1-6-8-14-11-13(2)12-16(5)10-7-9-15(3)4/h14H,2,6-12H2,1,3-5H3. The molecule has 0 amide bonds. The normalized spacial score (nSPS) is 11.4. The maximum absolute atomic E-state index is 4.10. The lowest BCUT2D eigenvalue weighted by molar-refractivity contribution is 0.316. The first-order valence-corrected chi connectivity index (χ1v) is 6.27. The predicted octanol–water partition coefficient (Wildman–Crippen LogP) is 1.43. The van der Waals surface area contributed by atoms with Crippen LogP contribution in [-0.2, 0) is 0 Å². The third-order valence-corrected chi connectivity index (χ3v) is 2.44. The van der Waals surface area contributed by atoms with Gasteiger partial charge in [-0.25, -0.2) is 0 Å². The van der Waals surface area contributed by atoms with E-state index in [0.29, 0.717) is 0 Å². The lowest BCUT2D eigenvalue weighted by Crippen LogP contribution is -2.28. The van der Waals surface area contributed by atoms with E-state index in [0.717, 1.165) is 32.7 Å². The van der Waals surface area contributed by atoms with Crippen molar-refractivity contribution in [1.82, 2.24) is 15.1 Å². The smallest absolute Gasteiger partial charge is 0.0199 e. The Balaban J connectivity index is 3.46. The van der Waals surface area contributed by atoms with Crippen molar-refractivity contribution in [3.8, 4) is 0 Å². The second-order valence-electron chi connectivity index (χ2n) is 4.82. The monoisotopic (exact) mass is 227 g/mol. The molecule has 0 atom stereocenters. The zero-order chi connectivity index (χ0) is 12.4. The van der Waals surface area contributed by atoms with Crippen LogP contribution in [0.2, 0.25) is 0 Å². The molecule has 16 heavy (non-hydrogen) atoms. The van der Waals surface area contributed by atoms with Gasteiger partial charge < -0.3 is 15.1 Å². The lowest BCUT2D eigenvalue weighted by atomic mass is 10.2. The van der Waals surface area contributed by atoms with Crippen LogP contribution in [-0.4, -0.2) is 63.7 Å². The molecule has 0 aromatic rings. The van der Waals surface area contributed by atoms with E-state index in [4.69, 9.17) is 0 Å². The molecule has 3 nitrogen and oxygen atoms in total. The van der Waals surface area contributed by atoms with E-state index < -0.39 is 0 Å². The summed E-state index contributed by atoms with van der Waals surface area (Å²) in [5, 5.41) is 3.38. The Bertz CT molecular complexity index is 178. The average Bonchev–Trinajstić information content (AvgIpc) is 2.17. The van der Waals surface area contributed by atoms with Crippen LogP contribution in [0.1, 0.15) is 19.8 Å². The first-order chi connectivity index (χ1) is 7.56. The van der Waals surface area contributed by atoms with Gasteiger partial charge in [0.1, 0.15) is 0 Å². The average molecular weight is 227 g/mol. The van der Waals surface area contributed by atoms with Crippen LogP contribution in [0.4, 0.5) is 0 Å². The quantitative estimate of drug-likeness (QED) is 0.450. The number of nitrogens with one attached hydrogen (secondary N) is 1. The molecule has 0 radical (unpaired) electrons. The molecule has 0 bridgehead atoms. The molecule has 0 aromatic heterocycles. The number of rotatable bonds is 10.